The number of thioether (sulfide) groups is 1. The van der Waals surface area contributed by atoms with Gasteiger partial charge in [-0.25, -0.2) is 0 Å². The minimum Gasteiger partial charge on any atom is -0.384 e. The van der Waals surface area contributed by atoms with Crippen molar-refractivity contribution < 1.29 is 0 Å². The summed E-state index contributed by atoms with van der Waals surface area (Å²) in [6.45, 7) is 5.34. The van der Waals surface area contributed by atoms with Crippen molar-refractivity contribution in [1.29, 1.82) is 0 Å². The van der Waals surface area contributed by atoms with E-state index in [0.29, 0.717) is 5.92 Å². The maximum Gasteiger partial charge on any atom is 0.0343 e. The average Bonchev–Trinajstić information content (AvgIpc) is 2.83. The molecule has 1 heterocycles. The Labute approximate surface area is 119 Å². The first-order chi connectivity index (χ1) is 9.24. The van der Waals surface area contributed by atoms with Crippen LogP contribution < -0.4 is 5.32 Å². The van der Waals surface area contributed by atoms with Crippen molar-refractivity contribution in [2.75, 3.05) is 17.6 Å². The zero-order valence-corrected chi connectivity index (χ0v) is 12.3. The number of benzene rings is 2. The van der Waals surface area contributed by atoms with Crippen molar-refractivity contribution >= 4 is 17.4 Å². The molecule has 1 nitrogen and oxygen atoms in total. The van der Waals surface area contributed by atoms with Crippen LogP contribution in [0.15, 0.2) is 47.4 Å². The Balaban J connectivity index is 1.69. The summed E-state index contributed by atoms with van der Waals surface area (Å²) < 4.78 is 0. The standard InChI is InChI=1S/C17H19NS/c1-12-7-8-15(9-13(12)2)18-10-14-11-19-17-6-4-3-5-16(14)17/h3-9,14,18H,10-11H2,1-2H3. The molecule has 1 N–H and O–H groups in total. The van der Waals surface area contributed by atoms with E-state index >= 15 is 0 Å². The van der Waals surface area contributed by atoms with E-state index in [0.717, 1.165) is 6.54 Å². The van der Waals surface area contributed by atoms with Gasteiger partial charge in [-0.2, -0.15) is 0 Å². The van der Waals surface area contributed by atoms with Gasteiger partial charge in [0.25, 0.3) is 0 Å². The van der Waals surface area contributed by atoms with Crippen LogP contribution in [0.2, 0.25) is 0 Å². The zero-order valence-electron chi connectivity index (χ0n) is 11.4. The van der Waals surface area contributed by atoms with Gasteiger partial charge in [-0.05, 0) is 48.7 Å². The topological polar surface area (TPSA) is 12.0 Å². The van der Waals surface area contributed by atoms with Crippen molar-refractivity contribution in [2.45, 2.75) is 24.7 Å². The SMILES string of the molecule is Cc1ccc(NCC2CSc3ccccc32)cc1C. The van der Waals surface area contributed by atoms with Crippen molar-refractivity contribution in [3.63, 3.8) is 0 Å². The summed E-state index contributed by atoms with van der Waals surface area (Å²) in [7, 11) is 0. The van der Waals surface area contributed by atoms with Crippen molar-refractivity contribution in [3.05, 3.63) is 59.2 Å². The minimum atomic E-state index is 0.628. The monoisotopic (exact) mass is 269 g/mol. The Kier molecular flexibility index (Phi) is 3.52. The van der Waals surface area contributed by atoms with Gasteiger partial charge in [-0.3, -0.25) is 0 Å². The summed E-state index contributed by atoms with van der Waals surface area (Å²) in [5, 5.41) is 3.58. The van der Waals surface area contributed by atoms with Crippen LogP contribution in [0.5, 0.6) is 0 Å². The summed E-state index contributed by atoms with van der Waals surface area (Å²) in [6.07, 6.45) is 0. The fourth-order valence-corrected chi connectivity index (χ4v) is 3.75. The van der Waals surface area contributed by atoms with Crippen molar-refractivity contribution in [1.82, 2.24) is 0 Å². The molecular weight excluding hydrogens is 250 g/mol. The number of hydrogen-bond donors (Lipinski definition) is 1. The Morgan fingerprint density at radius 2 is 1.95 bits per heavy atom. The molecule has 0 aromatic heterocycles. The number of fused-ring (bicyclic) bond motifs is 1. The molecule has 2 aromatic carbocycles. The van der Waals surface area contributed by atoms with E-state index in [1.807, 2.05) is 11.8 Å². The van der Waals surface area contributed by atoms with Gasteiger partial charge in [0, 0.05) is 28.8 Å². The molecule has 0 radical (unpaired) electrons. The first-order valence-electron chi connectivity index (χ1n) is 6.77. The van der Waals surface area contributed by atoms with Crippen LogP contribution in [0.4, 0.5) is 5.69 Å². The smallest absolute Gasteiger partial charge is 0.0343 e. The zero-order chi connectivity index (χ0) is 13.2. The molecule has 0 fully saturated rings. The van der Waals surface area contributed by atoms with Crippen LogP contribution in [-0.2, 0) is 0 Å². The van der Waals surface area contributed by atoms with Crippen LogP contribution in [0.25, 0.3) is 0 Å². The second kappa shape index (κ2) is 5.30. The lowest BCUT2D eigenvalue weighted by Crippen LogP contribution is -2.12. The number of hydrogen-bond acceptors (Lipinski definition) is 2. The summed E-state index contributed by atoms with van der Waals surface area (Å²) in [6, 6.07) is 15.4. The Morgan fingerprint density at radius 1 is 1.11 bits per heavy atom. The predicted molar refractivity (Wildman–Crippen MR) is 84.3 cm³/mol. The molecule has 0 amide bonds. The molecule has 2 aromatic rings. The van der Waals surface area contributed by atoms with E-state index in [1.54, 1.807) is 0 Å². The van der Waals surface area contributed by atoms with Crippen molar-refractivity contribution in [3.8, 4) is 0 Å². The first kappa shape index (κ1) is 12.6. The van der Waals surface area contributed by atoms with Crippen LogP contribution in [0.3, 0.4) is 0 Å². The molecule has 19 heavy (non-hydrogen) atoms. The second-order valence-corrected chi connectivity index (χ2v) is 6.29. The van der Waals surface area contributed by atoms with E-state index < -0.39 is 0 Å². The molecule has 3 rings (SSSR count). The predicted octanol–water partition coefficient (Wildman–Crippen LogP) is 4.60. The number of anilines is 1. The van der Waals surface area contributed by atoms with Crippen molar-refractivity contribution in [2.24, 2.45) is 0 Å². The fraction of sp³-hybridized carbons (Fsp3) is 0.294. The normalized spacial score (nSPS) is 17.3. The number of nitrogens with one attached hydrogen (secondary N) is 1. The molecule has 2 heteroatoms. The molecule has 1 unspecified atom stereocenters. The molecule has 1 aliphatic rings. The van der Waals surface area contributed by atoms with Gasteiger partial charge < -0.3 is 5.32 Å². The highest BCUT2D eigenvalue weighted by molar-refractivity contribution is 7.99. The largest absolute Gasteiger partial charge is 0.384 e. The third kappa shape index (κ3) is 2.64. The lowest BCUT2D eigenvalue weighted by atomic mass is 10.0. The van der Waals surface area contributed by atoms with Gasteiger partial charge in [0.1, 0.15) is 0 Å². The minimum absolute atomic E-state index is 0.628. The number of rotatable bonds is 3. The van der Waals surface area contributed by atoms with Crippen LogP contribution in [0, 0.1) is 13.8 Å². The van der Waals surface area contributed by atoms with Crippen LogP contribution in [-0.4, -0.2) is 12.3 Å². The van der Waals surface area contributed by atoms with E-state index in [9.17, 15) is 0 Å². The summed E-state index contributed by atoms with van der Waals surface area (Å²) >= 11 is 1.98. The molecule has 1 aliphatic heterocycles. The Morgan fingerprint density at radius 3 is 2.79 bits per heavy atom. The van der Waals surface area contributed by atoms with E-state index in [-0.39, 0.29) is 0 Å². The van der Waals surface area contributed by atoms with E-state index in [1.165, 1.54) is 33.0 Å². The first-order valence-corrected chi connectivity index (χ1v) is 7.75. The lowest BCUT2D eigenvalue weighted by molar-refractivity contribution is 0.819. The molecular formula is C17H19NS. The molecule has 0 aliphatic carbocycles. The third-order valence-corrected chi connectivity index (χ3v) is 5.11. The highest BCUT2D eigenvalue weighted by Gasteiger charge is 2.22. The molecule has 98 valence electrons. The van der Waals surface area contributed by atoms with Gasteiger partial charge in [-0.1, -0.05) is 24.3 Å². The van der Waals surface area contributed by atoms with Gasteiger partial charge in [0.05, 0.1) is 0 Å². The number of aryl methyl sites for hydroxylation is 2. The maximum atomic E-state index is 3.58. The Hall–Kier alpha value is -1.41. The molecule has 0 spiro atoms. The Bertz CT molecular complexity index is 592. The highest BCUT2D eigenvalue weighted by Crippen LogP contribution is 2.39. The highest BCUT2D eigenvalue weighted by atomic mass is 32.2. The quantitative estimate of drug-likeness (QED) is 0.873. The fourth-order valence-electron chi connectivity index (χ4n) is 2.49. The second-order valence-electron chi connectivity index (χ2n) is 5.23. The van der Waals surface area contributed by atoms with E-state index in [4.69, 9.17) is 0 Å². The average molecular weight is 269 g/mol. The molecule has 0 saturated carbocycles. The van der Waals surface area contributed by atoms with Gasteiger partial charge in [0.15, 0.2) is 0 Å². The summed E-state index contributed by atoms with van der Waals surface area (Å²) in [4.78, 5) is 1.45. The maximum absolute atomic E-state index is 3.58. The lowest BCUT2D eigenvalue weighted by Gasteiger charge is -2.14. The summed E-state index contributed by atoms with van der Waals surface area (Å²) in [5.74, 6) is 1.82. The summed E-state index contributed by atoms with van der Waals surface area (Å²) in [5.41, 5.74) is 5.44. The molecule has 0 bridgehead atoms. The van der Waals surface area contributed by atoms with Gasteiger partial charge in [0.2, 0.25) is 0 Å². The van der Waals surface area contributed by atoms with Crippen LogP contribution in [0.1, 0.15) is 22.6 Å². The van der Waals surface area contributed by atoms with E-state index in [2.05, 4.69) is 61.6 Å². The third-order valence-electron chi connectivity index (χ3n) is 3.86. The molecule has 0 saturated heterocycles. The van der Waals surface area contributed by atoms with Gasteiger partial charge >= 0.3 is 0 Å². The van der Waals surface area contributed by atoms with Gasteiger partial charge in [-0.15, -0.1) is 11.8 Å². The van der Waals surface area contributed by atoms with Crippen LogP contribution >= 0.6 is 11.8 Å². The molecule has 1 atom stereocenters.